The Kier molecular flexibility index (Phi) is 3.77. The van der Waals surface area contributed by atoms with Gasteiger partial charge in [-0.3, -0.25) is 4.21 Å². The van der Waals surface area contributed by atoms with Gasteiger partial charge in [-0.15, -0.1) is 0 Å². The Balaban J connectivity index is 2.21. The Hall–Kier alpha value is -1.68. The fraction of sp³-hybridized carbons (Fsp3) is 0.143. The number of benzene rings is 2. The normalized spacial score (nSPS) is 12.3. The summed E-state index contributed by atoms with van der Waals surface area (Å²) in [4.78, 5) is 0.623. The van der Waals surface area contributed by atoms with E-state index in [1.54, 1.807) is 12.1 Å². The van der Waals surface area contributed by atoms with Crippen LogP contribution in [0.3, 0.4) is 0 Å². The van der Waals surface area contributed by atoms with Crippen molar-refractivity contribution < 1.29 is 8.60 Å². The first-order chi connectivity index (χ1) is 8.58. The predicted molar refractivity (Wildman–Crippen MR) is 72.1 cm³/mol. The smallest absolute Gasteiger partial charge is 0.123 e. The molecular weight excluding hydrogens is 249 g/mol. The van der Waals surface area contributed by atoms with Crippen molar-refractivity contribution in [3.63, 3.8) is 0 Å². The molecule has 0 aliphatic heterocycles. The molecule has 0 aromatic heterocycles. The number of rotatable bonds is 3. The van der Waals surface area contributed by atoms with Crippen LogP contribution in [0.4, 0.5) is 10.1 Å². The maximum absolute atomic E-state index is 12.8. The molecule has 0 fully saturated rings. The molecule has 2 aromatic rings. The van der Waals surface area contributed by atoms with Gasteiger partial charge in [0.1, 0.15) is 5.82 Å². The molecule has 0 heterocycles. The minimum absolute atomic E-state index is 0.323. The lowest BCUT2D eigenvalue weighted by Gasteiger charge is -2.08. The van der Waals surface area contributed by atoms with E-state index in [0.29, 0.717) is 16.3 Å². The molecule has 18 heavy (non-hydrogen) atoms. The average molecular weight is 263 g/mol. The third-order valence-corrected chi connectivity index (χ3v) is 4.22. The average Bonchev–Trinajstić information content (AvgIpc) is 2.36. The molecule has 0 amide bonds. The number of nitrogens with two attached hydrogens (primary N) is 1. The van der Waals surface area contributed by atoms with E-state index in [2.05, 4.69) is 0 Å². The predicted octanol–water partition coefficient (Wildman–Crippen LogP) is 3.02. The molecule has 2 nitrogen and oxygen atoms in total. The van der Waals surface area contributed by atoms with Crippen LogP contribution in [-0.2, 0) is 16.6 Å². The number of hydrogen-bond acceptors (Lipinski definition) is 2. The van der Waals surface area contributed by atoms with Gasteiger partial charge in [0.15, 0.2) is 0 Å². The lowest BCUT2D eigenvalue weighted by molar-refractivity contribution is 0.626. The number of anilines is 1. The zero-order valence-corrected chi connectivity index (χ0v) is 10.8. The minimum Gasteiger partial charge on any atom is -0.399 e. The van der Waals surface area contributed by atoms with Crippen molar-refractivity contribution >= 4 is 16.5 Å². The molecule has 0 aliphatic carbocycles. The van der Waals surface area contributed by atoms with Crippen LogP contribution in [0.15, 0.2) is 47.4 Å². The van der Waals surface area contributed by atoms with Gasteiger partial charge in [-0.1, -0.05) is 12.1 Å². The van der Waals surface area contributed by atoms with Crippen molar-refractivity contribution in [1.82, 2.24) is 0 Å². The summed E-state index contributed by atoms with van der Waals surface area (Å²) in [6.07, 6.45) is 0. The summed E-state index contributed by atoms with van der Waals surface area (Å²) in [6, 6.07) is 11.3. The molecule has 94 valence electrons. The van der Waals surface area contributed by atoms with Crippen LogP contribution in [0.1, 0.15) is 11.1 Å². The largest absolute Gasteiger partial charge is 0.399 e. The SMILES string of the molecule is Cc1c(N)cccc1CS(=O)c1ccc(F)cc1. The molecule has 2 rings (SSSR count). The molecular formula is C14H14FNOS. The number of hydrogen-bond donors (Lipinski definition) is 1. The lowest BCUT2D eigenvalue weighted by Crippen LogP contribution is -2.01. The summed E-state index contributed by atoms with van der Waals surface area (Å²) in [5.74, 6) is 0.0681. The van der Waals surface area contributed by atoms with Crippen LogP contribution in [0.25, 0.3) is 0 Å². The number of halogens is 1. The maximum atomic E-state index is 12.8. The molecule has 2 aromatic carbocycles. The Labute approximate surface area is 108 Å². The Morgan fingerprint density at radius 2 is 1.83 bits per heavy atom. The van der Waals surface area contributed by atoms with E-state index in [1.165, 1.54) is 12.1 Å². The first-order valence-corrected chi connectivity index (χ1v) is 6.87. The second kappa shape index (κ2) is 5.31. The molecule has 0 saturated carbocycles. The van der Waals surface area contributed by atoms with Crippen LogP contribution in [0.2, 0.25) is 0 Å². The highest BCUT2D eigenvalue weighted by molar-refractivity contribution is 7.84. The van der Waals surface area contributed by atoms with E-state index in [0.717, 1.165) is 11.1 Å². The van der Waals surface area contributed by atoms with Crippen LogP contribution in [0, 0.1) is 12.7 Å². The van der Waals surface area contributed by atoms with Crippen molar-refractivity contribution in [3.8, 4) is 0 Å². The van der Waals surface area contributed by atoms with Crippen LogP contribution in [0.5, 0.6) is 0 Å². The van der Waals surface area contributed by atoms with Gasteiger partial charge in [-0.25, -0.2) is 4.39 Å². The first kappa shape index (κ1) is 12.8. The van der Waals surface area contributed by atoms with E-state index in [-0.39, 0.29) is 5.82 Å². The summed E-state index contributed by atoms with van der Waals surface area (Å²) in [5.41, 5.74) is 8.41. The molecule has 1 atom stereocenters. The standard InChI is InChI=1S/C14H14FNOS/c1-10-11(3-2-4-14(10)16)9-18(17)13-7-5-12(15)6-8-13/h2-8H,9,16H2,1H3. The molecule has 0 saturated heterocycles. The topological polar surface area (TPSA) is 43.1 Å². The molecule has 2 N–H and O–H groups in total. The first-order valence-electron chi connectivity index (χ1n) is 5.56. The quantitative estimate of drug-likeness (QED) is 0.865. The highest BCUT2D eigenvalue weighted by atomic mass is 32.2. The Morgan fingerprint density at radius 1 is 1.17 bits per heavy atom. The summed E-state index contributed by atoms with van der Waals surface area (Å²) >= 11 is 0. The second-order valence-electron chi connectivity index (χ2n) is 4.08. The van der Waals surface area contributed by atoms with Gasteiger partial charge in [0.25, 0.3) is 0 Å². The third-order valence-electron chi connectivity index (χ3n) is 2.85. The van der Waals surface area contributed by atoms with Gasteiger partial charge in [-0.2, -0.15) is 0 Å². The summed E-state index contributed by atoms with van der Waals surface area (Å²) in [6.45, 7) is 1.91. The van der Waals surface area contributed by atoms with Crippen LogP contribution >= 0.6 is 0 Å². The lowest BCUT2D eigenvalue weighted by atomic mass is 10.1. The van der Waals surface area contributed by atoms with Gasteiger partial charge >= 0.3 is 0 Å². The van der Waals surface area contributed by atoms with Crippen molar-refractivity contribution in [2.24, 2.45) is 0 Å². The molecule has 0 bridgehead atoms. The van der Waals surface area contributed by atoms with Gasteiger partial charge in [0, 0.05) is 10.6 Å². The zero-order valence-electron chi connectivity index (χ0n) is 10.0. The van der Waals surface area contributed by atoms with Crippen LogP contribution in [-0.4, -0.2) is 4.21 Å². The number of nitrogen functional groups attached to an aromatic ring is 1. The van der Waals surface area contributed by atoms with E-state index >= 15 is 0 Å². The molecule has 0 radical (unpaired) electrons. The Morgan fingerprint density at radius 3 is 2.50 bits per heavy atom. The third kappa shape index (κ3) is 2.76. The minimum atomic E-state index is -1.18. The second-order valence-corrected chi connectivity index (χ2v) is 5.53. The summed E-state index contributed by atoms with van der Waals surface area (Å²) < 4.78 is 24.9. The molecule has 0 spiro atoms. The van der Waals surface area contributed by atoms with Crippen LogP contribution < -0.4 is 5.73 Å². The molecule has 0 aliphatic rings. The Bertz CT molecular complexity index is 581. The van der Waals surface area contributed by atoms with Gasteiger partial charge in [-0.05, 0) is 48.4 Å². The monoisotopic (exact) mass is 263 g/mol. The van der Waals surface area contributed by atoms with E-state index in [4.69, 9.17) is 5.73 Å². The molecule has 1 unspecified atom stereocenters. The molecule has 4 heteroatoms. The van der Waals surface area contributed by atoms with E-state index in [9.17, 15) is 8.60 Å². The van der Waals surface area contributed by atoms with Crippen molar-refractivity contribution in [2.75, 3.05) is 5.73 Å². The van der Waals surface area contributed by atoms with E-state index in [1.807, 2.05) is 25.1 Å². The van der Waals surface area contributed by atoms with E-state index < -0.39 is 10.8 Å². The van der Waals surface area contributed by atoms with Crippen molar-refractivity contribution in [1.29, 1.82) is 0 Å². The summed E-state index contributed by atoms with van der Waals surface area (Å²) in [5, 5.41) is 0. The highest BCUT2D eigenvalue weighted by Gasteiger charge is 2.08. The van der Waals surface area contributed by atoms with Crippen molar-refractivity contribution in [2.45, 2.75) is 17.6 Å². The van der Waals surface area contributed by atoms with Gasteiger partial charge in [0.05, 0.1) is 16.6 Å². The highest BCUT2D eigenvalue weighted by Crippen LogP contribution is 2.19. The maximum Gasteiger partial charge on any atom is 0.123 e. The fourth-order valence-electron chi connectivity index (χ4n) is 1.67. The zero-order chi connectivity index (χ0) is 13.1. The van der Waals surface area contributed by atoms with Gasteiger partial charge < -0.3 is 5.73 Å². The van der Waals surface area contributed by atoms with Crippen molar-refractivity contribution in [3.05, 3.63) is 59.4 Å². The fourth-order valence-corrected chi connectivity index (χ4v) is 2.87. The summed E-state index contributed by atoms with van der Waals surface area (Å²) in [7, 11) is -1.18. The van der Waals surface area contributed by atoms with Gasteiger partial charge in [0.2, 0.25) is 0 Å².